The fraction of sp³-hybridized carbons (Fsp3) is 0.290. The fourth-order valence-corrected chi connectivity index (χ4v) is 8.32. The van der Waals surface area contributed by atoms with Gasteiger partial charge in [-0.05, 0) is 86.6 Å². The Morgan fingerprint density at radius 2 is 0.765 bits per heavy atom. The van der Waals surface area contributed by atoms with E-state index < -0.39 is 54.2 Å². The van der Waals surface area contributed by atoms with Crippen LogP contribution in [0.15, 0.2) is 72.8 Å². The number of nitrogens with zero attached hydrogens (tertiary/aromatic N) is 4. The van der Waals surface area contributed by atoms with Crippen molar-refractivity contribution in [2.45, 2.75) is 96.3 Å². The SMILES string of the molecule is CCOC(=O)c1nc(C)c2cc(C)ccc2c1O.CCOC(=O)c1nc(COC(C)=O)c2cc(C)ccc2c1O.CCOC(=O)c1nc(COC(C)=O)c2cc(C)ccc2c1OC(C)=O.Cc1ccc2c(O)c(C(=O)NCC(=O)O)nc(C)c2c1. The van der Waals surface area contributed by atoms with Crippen molar-refractivity contribution in [3.63, 3.8) is 0 Å². The van der Waals surface area contributed by atoms with Gasteiger partial charge in [0.05, 0.1) is 31.2 Å². The van der Waals surface area contributed by atoms with Crippen molar-refractivity contribution in [3.05, 3.63) is 141 Å². The number of rotatable bonds is 14. The number of carboxylic acid groups (broad SMARTS) is 1. The Bertz CT molecular complexity index is 3920. The van der Waals surface area contributed by atoms with Crippen molar-refractivity contribution in [2.75, 3.05) is 26.4 Å². The van der Waals surface area contributed by atoms with E-state index >= 15 is 0 Å². The molecule has 23 heteroatoms. The van der Waals surface area contributed by atoms with Gasteiger partial charge in [-0.25, -0.2) is 34.3 Å². The summed E-state index contributed by atoms with van der Waals surface area (Å²) in [6.07, 6.45) is 0. The predicted octanol–water partition coefficient (Wildman–Crippen LogP) is 9.30. The number of ether oxygens (including phenoxy) is 6. The lowest BCUT2D eigenvalue weighted by Crippen LogP contribution is -2.30. The van der Waals surface area contributed by atoms with E-state index in [-0.39, 0.29) is 78.8 Å². The fourth-order valence-electron chi connectivity index (χ4n) is 8.32. The van der Waals surface area contributed by atoms with Crippen LogP contribution in [0.1, 0.15) is 129 Å². The number of carbonyl (C=O) groups excluding carboxylic acids is 7. The zero-order valence-electron chi connectivity index (χ0n) is 49.0. The molecule has 4 aromatic heterocycles. The van der Waals surface area contributed by atoms with E-state index in [1.165, 1.54) is 20.8 Å². The van der Waals surface area contributed by atoms with Crippen LogP contribution in [-0.4, -0.2) is 114 Å². The summed E-state index contributed by atoms with van der Waals surface area (Å²) in [6, 6.07) is 21.7. The van der Waals surface area contributed by atoms with Crippen molar-refractivity contribution in [2.24, 2.45) is 0 Å². The van der Waals surface area contributed by atoms with E-state index in [4.69, 9.17) is 33.5 Å². The van der Waals surface area contributed by atoms with E-state index in [9.17, 15) is 53.7 Å². The minimum Gasteiger partial charge on any atom is -0.505 e. The summed E-state index contributed by atoms with van der Waals surface area (Å²) in [5.41, 5.74) is 5.58. The molecular weight excluding hydrogens is 1100 g/mol. The lowest BCUT2D eigenvalue weighted by Gasteiger charge is -2.14. The Kier molecular flexibility index (Phi) is 22.8. The highest BCUT2D eigenvalue weighted by Crippen LogP contribution is 2.35. The summed E-state index contributed by atoms with van der Waals surface area (Å²) in [6.45, 7) is 19.9. The molecule has 85 heavy (non-hydrogen) atoms. The molecule has 0 spiro atoms. The van der Waals surface area contributed by atoms with Crippen LogP contribution >= 0.6 is 0 Å². The maximum atomic E-state index is 12.3. The first kappa shape index (κ1) is 65.5. The van der Waals surface area contributed by atoms with Crippen molar-refractivity contribution >= 4 is 90.8 Å². The summed E-state index contributed by atoms with van der Waals surface area (Å²) in [5.74, 6) is -5.96. The molecule has 0 saturated carbocycles. The van der Waals surface area contributed by atoms with Gasteiger partial charge in [0.1, 0.15) is 19.8 Å². The first-order valence-corrected chi connectivity index (χ1v) is 26.4. The monoisotopic (exact) mass is 1170 g/mol. The van der Waals surface area contributed by atoms with Crippen LogP contribution in [0.4, 0.5) is 0 Å². The summed E-state index contributed by atoms with van der Waals surface area (Å²) in [4.78, 5) is 108. The molecule has 8 rings (SSSR count). The molecule has 5 N–H and O–H groups in total. The second kappa shape index (κ2) is 29.6. The van der Waals surface area contributed by atoms with Crippen LogP contribution in [0.2, 0.25) is 0 Å². The van der Waals surface area contributed by atoms with Crippen LogP contribution in [-0.2, 0) is 56.1 Å². The van der Waals surface area contributed by atoms with E-state index in [0.717, 1.165) is 33.0 Å². The topological polar surface area (TPSA) is 336 Å². The molecule has 0 fully saturated rings. The van der Waals surface area contributed by atoms with Gasteiger partial charge in [0.2, 0.25) is 0 Å². The van der Waals surface area contributed by atoms with Gasteiger partial charge >= 0.3 is 41.8 Å². The van der Waals surface area contributed by atoms with Gasteiger partial charge in [-0.15, -0.1) is 0 Å². The predicted molar refractivity (Wildman–Crippen MR) is 310 cm³/mol. The number of benzene rings is 4. The number of carboxylic acids is 1. The number of hydrogen-bond donors (Lipinski definition) is 5. The molecule has 0 saturated heterocycles. The molecule has 4 aromatic carbocycles. The normalized spacial score (nSPS) is 10.5. The Balaban J connectivity index is 0.000000208. The van der Waals surface area contributed by atoms with Crippen LogP contribution < -0.4 is 10.1 Å². The number of amides is 1. The van der Waals surface area contributed by atoms with Crippen molar-refractivity contribution in [3.8, 4) is 23.0 Å². The molecule has 446 valence electrons. The lowest BCUT2D eigenvalue weighted by atomic mass is 10.0. The van der Waals surface area contributed by atoms with Crippen LogP contribution in [0.3, 0.4) is 0 Å². The van der Waals surface area contributed by atoms with Gasteiger partial charge in [-0.2, -0.15) is 0 Å². The molecule has 0 radical (unpaired) electrons. The van der Waals surface area contributed by atoms with Gasteiger partial charge in [0.25, 0.3) is 5.91 Å². The van der Waals surface area contributed by atoms with Gasteiger partial charge in [-0.1, -0.05) is 70.8 Å². The zero-order chi connectivity index (χ0) is 63.0. The summed E-state index contributed by atoms with van der Waals surface area (Å²) in [7, 11) is 0. The van der Waals surface area contributed by atoms with E-state index in [2.05, 4.69) is 25.3 Å². The Morgan fingerprint density at radius 1 is 0.424 bits per heavy atom. The Hall–Kier alpha value is -10.3. The smallest absolute Gasteiger partial charge is 0.360 e. The van der Waals surface area contributed by atoms with Gasteiger partial charge in [0, 0.05) is 75.2 Å². The highest BCUT2D eigenvalue weighted by Gasteiger charge is 2.25. The van der Waals surface area contributed by atoms with Gasteiger partial charge in [-0.3, -0.25) is 24.0 Å². The lowest BCUT2D eigenvalue weighted by molar-refractivity contribution is -0.143. The second-order valence-corrected chi connectivity index (χ2v) is 18.9. The largest absolute Gasteiger partial charge is 0.505 e. The molecule has 0 unspecified atom stereocenters. The number of aromatic hydroxyl groups is 3. The first-order valence-electron chi connectivity index (χ1n) is 26.4. The quantitative estimate of drug-likeness (QED) is 0.0500. The highest BCUT2D eigenvalue weighted by molar-refractivity contribution is 6.05. The van der Waals surface area contributed by atoms with Crippen molar-refractivity contribution in [1.82, 2.24) is 25.3 Å². The molecule has 0 bridgehead atoms. The molecular formula is C62H65N5O18. The number of aryl methyl sites for hydroxylation is 6. The zero-order valence-corrected chi connectivity index (χ0v) is 49.0. The first-order chi connectivity index (χ1) is 40.2. The number of pyridine rings is 4. The number of hydrogen-bond acceptors (Lipinski definition) is 21. The average molecular weight is 1170 g/mol. The summed E-state index contributed by atoms with van der Waals surface area (Å²) < 4.78 is 30.0. The van der Waals surface area contributed by atoms with Gasteiger partial charge < -0.3 is 54.2 Å². The molecule has 4 heterocycles. The molecule has 1 amide bonds. The van der Waals surface area contributed by atoms with E-state index in [1.807, 2.05) is 83.1 Å². The molecule has 0 aliphatic heterocycles. The maximum absolute atomic E-state index is 12.3. The molecule has 8 aromatic rings. The molecule has 0 aliphatic carbocycles. The molecule has 0 aliphatic rings. The van der Waals surface area contributed by atoms with E-state index in [1.54, 1.807) is 52.0 Å². The van der Waals surface area contributed by atoms with Crippen LogP contribution in [0.5, 0.6) is 23.0 Å². The third kappa shape index (κ3) is 16.9. The highest BCUT2D eigenvalue weighted by atomic mass is 16.6. The van der Waals surface area contributed by atoms with Crippen LogP contribution in [0, 0.1) is 41.5 Å². The summed E-state index contributed by atoms with van der Waals surface area (Å²) >= 11 is 0. The second-order valence-electron chi connectivity index (χ2n) is 18.9. The number of nitrogens with one attached hydrogen (secondary N) is 1. The van der Waals surface area contributed by atoms with Crippen molar-refractivity contribution in [1.29, 1.82) is 0 Å². The van der Waals surface area contributed by atoms with Gasteiger partial charge in [0.15, 0.2) is 45.8 Å². The molecule has 0 atom stereocenters. The standard InChI is InChI=1S/C18H19NO6.C16H17NO5.C14H14N2O4.C14H15NO3/c1-5-23-18(22)16-17(25-12(4)21)13-7-6-10(2)8-14(13)15(19-16)9-24-11(3)20;1-4-21-16(20)14-15(19)11-6-5-9(2)7-12(11)13(17-14)8-22-10(3)18;1-7-3-4-9-10(5-7)8(2)16-12(13(9)19)14(20)15-6-11(17)18;1-4-18-14(17)12-13(16)10-6-5-8(2)7-11(10)9(3)15-12/h6-8H,5,9H2,1-4H3;5-7,19H,4,8H2,1-3H3;3-5,19H,6H2,1-2H3,(H,15,20)(H,17,18);5-7,16H,4H2,1-3H3. The number of carbonyl (C=O) groups is 8. The number of aromatic nitrogens is 4. The average Bonchev–Trinajstić information content (AvgIpc) is 3.62. The Labute approximate surface area is 487 Å². The summed E-state index contributed by atoms with van der Waals surface area (Å²) in [5, 5.41) is 46.2. The third-order valence-electron chi connectivity index (χ3n) is 12.1. The maximum Gasteiger partial charge on any atom is 0.360 e. The molecule has 23 nitrogen and oxygen atoms in total. The van der Waals surface area contributed by atoms with E-state index in [0.29, 0.717) is 55.1 Å². The minimum absolute atomic E-state index is 0.0225. The third-order valence-corrected chi connectivity index (χ3v) is 12.1. The number of fused-ring (bicyclic) bond motifs is 4. The minimum atomic E-state index is -1.16. The van der Waals surface area contributed by atoms with Crippen molar-refractivity contribution < 1.29 is 87.2 Å². The Morgan fingerprint density at radius 3 is 1.16 bits per heavy atom. The number of aliphatic carboxylic acids is 1. The number of esters is 6. The van der Waals surface area contributed by atoms with Crippen LogP contribution in [0.25, 0.3) is 43.1 Å².